The van der Waals surface area contributed by atoms with Gasteiger partial charge in [0.05, 0.1) is 21.8 Å². The minimum atomic E-state index is -4.71. The van der Waals surface area contributed by atoms with E-state index < -0.39 is 11.7 Å². The number of aryl methyl sites for hydroxylation is 2. The molecule has 0 aliphatic carbocycles. The molecule has 246 valence electrons. The van der Waals surface area contributed by atoms with Gasteiger partial charge in [-0.25, -0.2) is 4.98 Å². The summed E-state index contributed by atoms with van der Waals surface area (Å²) in [5, 5.41) is 0.579. The second-order valence-electron chi connectivity index (χ2n) is 12.2. The number of nitrogens with two attached hydrogens (primary N) is 1. The minimum absolute atomic E-state index is 0.0424. The second-order valence-corrected chi connectivity index (χ2v) is 12.6. The standard InChI is InChI=1S/C34H35ClF3N7O2/c1-6-27(46)44-12-13-45(19(3)16-44)32-23-15-24(35)28(31-29(34(36,37)38)18(2)14-26(39)40-31)20(4)30(23)41-33(42-32)47-25-9-7-8-21-17-43(5)11-10-22(21)25/h6-9,14-15,19H,1,10-13,16-17H2,2-5H3,(H2,39,40)/t19-/m0/s1. The van der Waals surface area contributed by atoms with Crippen molar-refractivity contribution < 1.29 is 22.7 Å². The van der Waals surface area contributed by atoms with E-state index in [4.69, 9.17) is 32.0 Å². The number of fused-ring (bicyclic) bond motifs is 2. The van der Waals surface area contributed by atoms with Crippen LogP contribution in [0.5, 0.6) is 11.8 Å². The van der Waals surface area contributed by atoms with Crippen molar-refractivity contribution >= 4 is 40.0 Å². The third-order valence-corrected chi connectivity index (χ3v) is 9.20. The number of nitrogen functional groups attached to an aromatic ring is 1. The Bertz CT molecular complexity index is 1920. The maximum absolute atomic E-state index is 14.4. The van der Waals surface area contributed by atoms with Crippen LogP contribution in [0.4, 0.5) is 24.8 Å². The Balaban J connectivity index is 1.56. The highest BCUT2D eigenvalue weighted by Crippen LogP contribution is 2.45. The minimum Gasteiger partial charge on any atom is -0.424 e. The topological polar surface area (TPSA) is 101 Å². The van der Waals surface area contributed by atoms with E-state index in [2.05, 4.69) is 29.6 Å². The molecule has 0 radical (unpaired) electrons. The van der Waals surface area contributed by atoms with Gasteiger partial charge in [0.25, 0.3) is 0 Å². The van der Waals surface area contributed by atoms with Gasteiger partial charge in [-0.05, 0) is 75.2 Å². The van der Waals surface area contributed by atoms with E-state index in [9.17, 15) is 18.0 Å². The SMILES string of the molecule is C=CC(=O)N1CCN(c2nc(Oc3cccc4c3CCN(C)C4)nc3c(C)c(-c4nc(N)cc(C)c4C(F)(F)F)c(Cl)cc23)[C@@H](C)C1. The van der Waals surface area contributed by atoms with Crippen molar-refractivity contribution in [1.29, 1.82) is 0 Å². The van der Waals surface area contributed by atoms with Gasteiger partial charge in [-0.15, -0.1) is 0 Å². The molecule has 6 rings (SSSR count). The highest BCUT2D eigenvalue weighted by Gasteiger charge is 2.38. The number of likely N-dealkylation sites (N-methyl/N-ethyl adjacent to an activating group) is 1. The molecule has 2 aromatic heterocycles. The molecule has 1 atom stereocenters. The Kier molecular flexibility index (Phi) is 8.52. The summed E-state index contributed by atoms with van der Waals surface area (Å²) >= 11 is 6.84. The van der Waals surface area contributed by atoms with Crippen LogP contribution in [0.2, 0.25) is 5.02 Å². The van der Waals surface area contributed by atoms with Gasteiger partial charge < -0.3 is 25.2 Å². The van der Waals surface area contributed by atoms with Crippen LogP contribution in [0, 0.1) is 13.8 Å². The average Bonchev–Trinajstić information content (AvgIpc) is 2.99. The van der Waals surface area contributed by atoms with Crippen molar-refractivity contribution in [1.82, 2.24) is 24.8 Å². The lowest BCUT2D eigenvalue weighted by atomic mass is 9.95. The third-order valence-electron chi connectivity index (χ3n) is 8.90. The number of rotatable bonds is 5. The predicted molar refractivity (Wildman–Crippen MR) is 177 cm³/mol. The first-order chi connectivity index (χ1) is 22.3. The van der Waals surface area contributed by atoms with Gasteiger partial charge in [0.1, 0.15) is 17.4 Å². The monoisotopic (exact) mass is 665 g/mol. The Morgan fingerprint density at radius 2 is 1.91 bits per heavy atom. The maximum atomic E-state index is 14.4. The molecule has 0 bridgehead atoms. The summed E-state index contributed by atoms with van der Waals surface area (Å²) in [4.78, 5) is 32.2. The zero-order valence-electron chi connectivity index (χ0n) is 26.6. The fourth-order valence-electron chi connectivity index (χ4n) is 6.66. The van der Waals surface area contributed by atoms with Crippen LogP contribution in [0.25, 0.3) is 22.2 Å². The van der Waals surface area contributed by atoms with Crippen molar-refractivity contribution in [3.63, 3.8) is 0 Å². The Morgan fingerprint density at radius 1 is 1.15 bits per heavy atom. The number of hydrogen-bond acceptors (Lipinski definition) is 8. The summed E-state index contributed by atoms with van der Waals surface area (Å²) in [5.41, 5.74) is 7.62. The molecule has 9 nitrogen and oxygen atoms in total. The van der Waals surface area contributed by atoms with E-state index in [-0.39, 0.29) is 45.6 Å². The van der Waals surface area contributed by atoms with Crippen LogP contribution in [0.3, 0.4) is 0 Å². The van der Waals surface area contributed by atoms with Crippen LogP contribution < -0.4 is 15.4 Å². The lowest BCUT2D eigenvalue weighted by Crippen LogP contribution is -2.53. The van der Waals surface area contributed by atoms with Gasteiger partial charge >= 0.3 is 12.2 Å². The number of carbonyl (C=O) groups excluding carboxylic acids is 1. The van der Waals surface area contributed by atoms with Crippen molar-refractivity contribution in [3.8, 4) is 23.0 Å². The van der Waals surface area contributed by atoms with Gasteiger partial charge in [0.2, 0.25) is 5.91 Å². The number of amides is 1. The van der Waals surface area contributed by atoms with Gasteiger partial charge in [-0.1, -0.05) is 30.3 Å². The van der Waals surface area contributed by atoms with Crippen molar-refractivity contribution in [3.05, 3.63) is 75.8 Å². The molecule has 2 N–H and O–H groups in total. The Morgan fingerprint density at radius 3 is 2.62 bits per heavy atom. The first kappa shape index (κ1) is 32.5. The fraction of sp³-hybridized carbons (Fsp3) is 0.353. The number of pyridine rings is 1. The predicted octanol–water partition coefficient (Wildman–Crippen LogP) is 6.57. The third kappa shape index (κ3) is 6.07. The van der Waals surface area contributed by atoms with E-state index in [0.717, 1.165) is 30.6 Å². The second kappa shape index (κ2) is 12.3. The molecule has 1 fully saturated rings. The number of hydrogen-bond donors (Lipinski definition) is 1. The molecular weight excluding hydrogens is 631 g/mol. The van der Waals surface area contributed by atoms with E-state index >= 15 is 0 Å². The van der Waals surface area contributed by atoms with Gasteiger partial charge in [-0.2, -0.15) is 23.1 Å². The number of alkyl halides is 3. The van der Waals surface area contributed by atoms with Crippen molar-refractivity contribution in [2.45, 2.75) is 46.0 Å². The Labute approximate surface area is 275 Å². The highest BCUT2D eigenvalue weighted by atomic mass is 35.5. The number of halogens is 4. The van der Waals surface area contributed by atoms with Gasteiger partial charge in [0, 0.05) is 55.3 Å². The molecule has 2 aliphatic heterocycles. The number of aromatic nitrogens is 3. The normalized spacial score (nSPS) is 17.1. The van der Waals surface area contributed by atoms with Crippen LogP contribution in [0.1, 0.15) is 34.7 Å². The summed E-state index contributed by atoms with van der Waals surface area (Å²) in [6.07, 6.45) is -2.65. The smallest absolute Gasteiger partial charge is 0.418 e. The zero-order valence-corrected chi connectivity index (χ0v) is 27.3. The molecule has 1 saturated heterocycles. The van der Waals surface area contributed by atoms with Crippen LogP contribution >= 0.6 is 11.6 Å². The number of piperazine rings is 1. The van der Waals surface area contributed by atoms with Crippen molar-refractivity contribution in [2.75, 3.05) is 43.9 Å². The number of ether oxygens (including phenoxy) is 1. The van der Waals surface area contributed by atoms with Crippen LogP contribution in [0.15, 0.2) is 43.0 Å². The molecular formula is C34H35ClF3N7O2. The maximum Gasteiger partial charge on any atom is 0.418 e. The Hall–Kier alpha value is -4.42. The van der Waals surface area contributed by atoms with Crippen LogP contribution in [-0.4, -0.2) is 69.9 Å². The first-order valence-corrected chi connectivity index (χ1v) is 15.6. The quantitative estimate of drug-likeness (QED) is 0.239. The highest BCUT2D eigenvalue weighted by molar-refractivity contribution is 6.34. The number of benzene rings is 2. The van der Waals surface area contributed by atoms with E-state index in [0.29, 0.717) is 47.7 Å². The fourth-order valence-corrected chi connectivity index (χ4v) is 7.00. The van der Waals surface area contributed by atoms with E-state index in [1.807, 2.05) is 24.0 Å². The summed E-state index contributed by atoms with van der Waals surface area (Å²) in [5.74, 6) is 0.891. The lowest BCUT2D eigenvalue weighted by molar-refractivity contribution is -0.137. The largest absolute Gasteiger partial charge is 0.424 e. The lowest BCUT2D eigenvalue weighted by Gasteiger charge is -2.40. The van der Waals surface area contributed by atoms with Gasteiger partial charge in [-0.3, -0.25) is 4.79 Å². The molecule has 4 heterocycles. The molecule has 13 heteroatoms. The average molecular weight is 666 g/mol. The molecule has 0 unspecified atom stereocenters. The molecule has 0 spiro atoms. The molecule has 4 aromatic rings. The summed E-state index contributed by atoms with van der Waals surface area (Å²) in [6, 6.07) is 8.49. The summed E-state index contributed by atoms with van der Waals surface area (Å²) < 4.78 is 49.7. The summed E-state index contributed by atoms with van der Waals surface area (Å²) in [6.45, 7) is 11.5. The van der Waals surface area contributed by atoms with Gasteiger partial charge in [0.15, 0.2) is 0 Å². The zero-order chi connectivity index (χ0) is 33.8. The molecule has 2 aliphatic rings. The summed E-state index contributed by atoms with van der Waals surface area (Å²) in [7, 11) is 2.06. The van der Waals surface area contributed by atoms with Crippen LogP contribution in [-0.2, 0) is 23.9 Å². The number of nitrogens with zero attached hydrogens (tertiary/aromatic N) is 6. The molecule has 1 amide bonds. The molecule has 0 saturated carbocycles. The molecule has 47 heavy (non-hydrogen) atoms. The molecule has 2 aromatic carbocycles. The number of anilines is 2. The van der Waals surface area contributed by atoms with E-state index in [1.165, 1.54) is 19.1 Å². The van der Waals surface area contributed by atoms with E-state index in [1.54, 1.807) is 17.9 Å². The van der Waals surface area contributed by atoms with Crippen molar-refractivity contribution in [2.24, 2.45) is 0 Å². The first-order valence-electron chi connectivity index (χ1n) is 15.3. The number of carbonyl (C=O) groups is 1.